The van der Waals surface area contributed by atoms with Crippen LogP contribution in [0.15, 0.2) is 22.2 Å². The minimum Gasteiger partial charge on any atom is -0.345 e. The lowest BCUT2D eigenvalue weighted by Gasteiger charge is -2.34. The number of thiophene rings is 1. The molecule has 0 atom stereocenters. The summed E-state index contributed by atoms with van der Waals surface area (Å²) in [6, 6.07) is 2.10. The molecule has 1 fully saturated rings. The molecule has 0 aromatic carbocycles. The lowest BCUT2D eigenvalue weighted by atomic mass is 10.3. The number of aryl methyl sites for hydroxylation is 2. The quantitative estimate of drug-likeness (QED) is 0.680. The van der Waals surface area contributed by atoms with E-state index in [2.05, 4.69) is 32.1 Å². The van der Waals surface area contributed by atoms with Crippen molar-refractivity contribution in [3.05, 3.63) is 37.8 Å². The van der Waals surface area contributed by atoms with E-state index < -0.39 is 0 Å². The van der Waals surface area contributed by atoms with Crippen molar-refractivity contribution in [1.82, 2.24) is 14.9 Å². The molecule has 5 nitrogen and oxygen atoms in total. The molecule has 0 unspecified atom stereocenters. The predicted octanol–water partition coefficient (Wildman–Crippen LogP) is 3.91. The van der Waals surface area contributed by atoms with Gasteiger partial charge in [0.2, 0.25) is 0 Å². The van der Waals surface area contributed by atoms with Gasteiger partial charge in [0.15, 0.2) is 5.13 Å². The molecule has 0 spiro atoms. The average molecular weight is 391 g/mol. The van der Waals surface area contributed by atoms with Crippen LogP contribution in [0.3, 0.4) is 0 Å². The highest BCUT2D eigenvalue weighted by molar-refractivity contribution is 7.14. The standard InChI is InChI=1S/C17H18N4OS3/c1-11-15(25-12(2)18-11)16(22)20-4-6-21(7-5-20)17-19-14(10-24-17)13-3-8-23-9-13/h3,8-10H,4-7H2,1-2H3. The number of hydrogen-bond acceptors (Lipinski definition) is 7. The maximum absolute atomic E-state index is 12.7. The lowest BCUT2D eigenvalue weighted by Crippen LogP contribution is -2.48. The largest absolute Gasteiger partial charge is 0.345 e. The van der Waals surface area contributed by atoms with Crippen LogP contribution in [-0.4, -0.2) is 47.0 Å². The van der Waals surface area contributed by atoms with Gasteiger partial charge in [0.25, 0.3) is 5.91 Å². The molecule has 0 N–H and O–H groups in total. The second-order valence-electron chi connectivity index (χ2n) is 5.95. The average Bonchev–Trinajstić information content (AvgIpc) is 3.34. The maximum atomic E-state index is 12.7. The van der Waals surface area contributed by atoms with Gasteiger partial charge in [0.05, 0.1) is 16.4 Å². The van der Waals surface area contributed by atoms with Crippen LogP contribution >= 0.6 is 34.0 Å². The summed E-state index contributed by atoms with van der Waals surface area (Å²) in [5.41, 5.74) is 3.06. The molecule has 130 valence electrons. The smallest absolute Gasteiger partial charge is 0.265 e. The van der Waals surface area contributed by atoms with Gasteiger partial charge in [-0.2, -0.15) is 11.3 Å². The van der Waals surface area contributed by atoms with Gasteiger partial charge in [-0.25, -0.2) is 9.97 Å². The number of nitrogens with zero attached hydrogens (tertiary/aromatic N) is 4. The number of amides is 1. The Labute approximate surface area is 158 Å². The van der Waals surface area contributed by atoms with Crippen LogP contribution in [0, 0.1) is 13.8 Å². The fraction of sp³-hybridized carbons (Fsp3) is 0.353. The van der Waals surface area contributed by atoms with E-state index in [0.717, 1.165) is 52.6 Å². The van der Waals surface area contributed by atoms with Crippen LogP contribution in [0.2, 0.25) is 0 Å². The fourth-order valence-corrected chi connectivity index (χ4v) is 5.35. The molecule has 3 aromatic rings. The number of thiazole rings is 2. The van der Waals surface area contributed by atoms with Crippen molar-refractivity contribution in [3.8, 4) is 11.3 Å². The molecule has 1 amide bonds. The summed E-state index contributed by atoms with van der Waals surface area (Å²) >= 11 is 4.85. The Kier molecular flexibility index (Phi) is 4.58. The van der Waals surface area contributed by atoms with Gasteiger partial charge in [-0.15, -0.1) is 22.7 Å². The molecule has 0 aliphatic carbocycles. The summed E-state index contributed by atoms with van der Waals surface area (Å²) in [7, 11) is 0. The summed E-state index contributed by atoms with van der Waals surface area (Å²) < 4.78 is 0. The summed E-state index contributed by atoms with van der Waals surface area (Å²) in [6.45, 7) is 6.94. The van der Waals surface area contributed by atoms with Gasteiger partial charge in [-0.1, -0.05) is 0 Å². The number of aromatic nitrogens is 2. The molecular formula is C17H18N4OS3. The van der Waals surface area contributed by atoms with Gasteiger partial charge < -0.3 is 9.80 Å². The SMILES string of the molecule is Cc1nc(C)c(C(=O)N2CCN(c3nc(-c4ccsc4)cs3)CC2)s1. The zero-order chi connectivity index (χ0) is 17.4. The Morgan fingerprint density at radius 3 is 2.56 bits per heavy atom. The van der Waals surface area contributed by atoms with Crippen molar-refractivity contribution in [2.45, 2.75) is 13.8 Å². The normalized spacial score (nSPS) is 15.0. The topological polar surface area (TPSA) is 49.3 Å². The van der Waals surface area contributed by atoms with Crippen molar-refractivity contribution in [3.63, 3.8) is 0 Å². The first-order valence-corrected chi connectivity index (χ1v) is 10.7. The van der Waals surface area contributed by atoms with Crippen LogP contribution in [0.5, 0.6) is 0 Å². The number of carbonyl (C=O) groups is 1. The number of anilines is 1. The Hall–Kier alpha value is -1.77. The third-order valence-corrected chi connectivity index (χ3v) is 6.89. The molecule has 1 aliphatic heterocycles. The van der Waals surface area contributed by atoms with Crippen molar-refractivity contribution in [1.29, 1.82) is 0 Å². The summed E-state index contributed by atoms with van der Waals surface area (Å²) in [5, 5.41) is 8.29. The zero-order valence-electron chi connectivity index (χ0n) is 14.1. The van der Waals surface area contributed by atoms with Crippen molar-refractivity contribution in [2.24, 2.45) is 0 Å². The Bertz CT molecular complexity index is 876. The highest BCUT2D eigenvalue weighted by Crippen LogP contribution is 2.29. The minimum atomic E-state index is 0.112. The number of carbonyl (C=O) groups excluding carboxylic acids is 1. The molecule has 0 bridgehead atoms. The van der Waals surface area contributed by atoms with E-state index in [-0.39, 0.29) is 5.91 Å². The fourth-order valence-electron chi connectivity index (χ4n) is 2.93. The molecule has 1 aliphatic rings. The number of piperazine rings is 1. The third-order valence-electron chi connectivity index (χ3n) is 4.24. The van der Waals surface area contributed by atoms with Crippen LogP contribution < -0.4 is 4.90 Å². The van der Waals surface area contributed by atoms with Crippen molar-refractivity contribution < 1.29 is 4.79 Å². The summed E-state index contributed by atoms with van der Waals surface area (Å²) in [6.07, 6.45) is 0. The molecule has 1 saturated heterocycles. The molecule has 0 radical (unpaired) electrons. The number of rotatable bonds is 3. The molecule has 8 heteroatoms. The van der Waals surface area contributed by atoms with Gasteiger partial charge in [0.1, 0.15) is 4.88 Å². The van der Waals surface area contributed by atoms with E-state index in [1.54, 1.807) is 22.7 Å². The van der Waals surface area contributed by atoms with E-state index in [9.17, 15) is 4.79 Å². The van der Waals surface area contributed by atoms with Crippen LogP contribution in [0.25, 0.3) is 11.3 Å². The first-order chi connectivity index (χ1) is 12.1. The summed E-state index contributed by atoms with van der Waals surface area (Å²) in [5.74, 6) is 0.112. The highest BCUT2D eigenvalue weighted by atomic mass is 32.1. The van der Waals surface area contributed by atoms with Gasteiger partial charge in [0, 0.05) is 42.5 Å². The highest BCUT2D eigenvalue weighted by Gasteiger charge is 2.26. The molecule has 0 saturated carbocycles. The monoisotopic (exact) mass is 390 g/mol. The molecular weight excluding hydrogens is 372 g/mol. The molecule has 3 aromatic heterocycles. The summed E-state index contributed by atoms with van der Waals surface area (Å²) in [4.78, 5) is 26.8. The van der Waals surface area contributed by atoms with E-state index in [4.69, 9.17) is 4.98 Å². The van der Waals surface area contributed by atoms with Gasteiger partial charge in [-0.05, 0) is 25.3 Å². The first-order valence-electron chi connectivity index (χ1n) is 8.08. The second-order valence-corrected chi connectivity index (χ2v) is 8.77. The molecule has 4 rings (SSSR count). The van der Waals surface area contributed by atoms with Crippen LogP contribution in [0.4, 0.5) is 5.13 Å². The number of hydrogen-bond donors (Lipinski definition) is 0. The van der Waals surface area contributed by atoms with Crippen molar-refractivity contribution >= 4 is 45.0 Å². The predicted molar refractivity (Wildman–Crippen MR) is 105 cm³/mol. The van der Waals surface area contributed by atoms with E-state index in [1.807, 2.05) is 18.7 Å². The third kappa shape index (κ3) is 3.33. The molecule has 25 heavy (non-hydrogen) atoms. The Balaban J connectivity index is 1.41. The van der Waals surface area contributed by atoms with Crippen LogP contribution in [-0.2, 0) is 0 Å². The van der Waals surface area contributed by atoms with E-state index >= 15 is 0 Å². The van der Waals surface area contributed by atoms with E-state index in [0.29, 0.717) is 0 Å². The van der Waals surface area contributed by atoms with Gasteiger partial charge in [-0.3, -0.25) is 4.79 Å². The van der Waals surface area contributed by atoms with E-state index in [1.165, 1.54) is 16.9 Å². The second kappa shape index (κ2) is 6.86. The van der Waals surface area contributed by atoms with Crippen LogP contribution in [0.1, 0.15) is 20.4 Å². The first kappa shape index (κ1) is 16.7. The lowest BCUT2D eigenvalue weighted by molar-refractivity contribution is 0.0750. The zero-order valence-corrected chi connectivity index (χ0v) is 16.5. The van der Waals surface area contributed by atoms with Crippen molar-refractivity contribution in [2.75, 3.05) is 31.1 Å². The Morgan fingerprint density at radius 2 is 1.92 bits per heavy atom. The molecule has 4 heterocycles. The van der Waals surface area contributed by atoms with Gasteiger partial charge >= 0.3 is 0 Å². The minimum absolute atomic E-state index is 0.112. The maximum Gasteiger partial charge on any atom is 0.265 e. The Morgan fingerprint density at radius 1 is 1.12 bits per heavy atom.